The van der Waals surface area contributed by atoms with Crippen LogP contribution in [0, 0.1) is 5.41 Å². The zero-order valence-electron chi connectivity index (χ0n) is 14.2. The summed E-state index contributed by atoms with van der Waals surface area (Å²) in [7, 11) is 0. The summed E-state index contributed by atoms with van der Waals surface area (Å²) in [6, 6.07) is 1.46. The van der Waals surface area contributed by atoms with E-state index in [1.807, 2.05) is 0 Å². The van der Waals surface area contributed by atoms with Gasteiger partial charge in [0.1, 0.15) is 17.3 Å². The van der Waals surface area contributed by atoms with E-state index >= 15 is 0 Å². The van der Waals surface area contributed by atoms with Crippen LogP contribution >= 0.6 is 0 Å². The van der Waals surface area contributed by atoms with E-state index in [1.165, 1.54) is 12.4 Å². The van der Waals surface area contributed by atoms with Gasteiger partial charge in [-0.2, -0.15) is 5.10 Å². The van der Waals surface area contributed by atoms with Crippen molar-refractivity contribution in [1.82, 2.24) is 14.6 Å². The molecule has 0 bridgehead atoms. The van der Waals surface area contributed by atoms with Crippen molar-refractivity contribution in [3.8, 4) is 0 Å². The molecule has 0 radical (unpaired) electrons. The molecule has 0 aliphatic rings. The number of aliphatic carboxylic acids is 1. The van der Waals surface area contributed by atoms with Gasteiger partial charge in [-0.3, -0.25) is 9.59 Å². The normalized spacial score (nSPS) is 13.3. The van der Waals surface area contributed by atoms with E-state index < -0.39 is 5.97 Å². The fourth-order valence-electron chi connectivity index (χ4n) is 2.46. The van der Waals surface area contributed by atoms with Crippen molar-refractivity contribution in [3.05, 3.63) is 33.5 Å². The molecule has 0 aliphatic carbocycles. The number of aliphatic hydroxyl groups excluding tert-OH is 1. The highest BCUT2D eigenvalue weighted by molar-refractivity contribution is 5.68. The molecular weight excluding hydrogens is 310 g/mol. The molecule has 0 fully saturated rings. The van der Waals surface area contributed by atoms with Crippen LogP contribution in [0.5, 0.6) is 0 Å². The molecule has 2 N–H and O–H groups in total. The molecule has 0 saturated heterocycles. The summed E-state index contributed by atoms with van der Waals surface area (Å²) < 4.78 is 1.56. The maximum absolute atomic E-state index is 12.4. The van der Waals surface area contributed by atoms with Crippen LogP contribution in [0.3, 0.4) is 0 Å². The summed E-state index contributed by atoms with van der Waals surface area (Å²) in [6.45, 7) is 6.47. The van der Waals surface area contributed by atoms with Gasteiger partial charge in [-0.25, -0.2) is 9.50 Å². The fraction of sp³-hybridized carbons (Fsp3) is 0.529. The minimum atomic E-state index is -1.04. The van der Waals surface area contributed by atoms with Gasteiger partial charge in [0.25, 0.3) is 0 Å². The Morgan fingerprint density at radius 2 is 2.00 bits per heavy atom. The number of aliphatic hydroxyl groups is 1. The van der Waals surface area contributed by atoms with Crippen LogP contribution in [0.15, 0.2) is 17.2 Å². The van der Waals surface area contributed by atoms with E-state index in [4.69, 9.17) is 5.11 Å². The number of aromatic nitrogens is 3. The van der Waals surface area contributed by atoms with E-state index in [2.05, 4.69) is 30.9 Å². The lowest BCUT2D eigenvalue weighted by Gasteiger charge is -2.22. The summed E-state index contributed by atoms with van der Waals surface area (Å²) in [6.07, 6.45) is 3.56. The van der Waals surface area contributed by atoms with Gasteiger partial charge in [-0.05, 0) is 18.3 Å². The first-order chi connectivity index (χ1) is 11.2. The van der Waals surface area contributed by atoms with Crippen LogP contribution in [-0.4, -0.2) is 30.8 Å². The number of hydrogen-bond donors (Lipinski definition) is 2. The van der Waals surface area contributed by atoms with Crippen LogP contribution in [-0.2, 0) is 11.2 Å². The van der Waals surface area contributed by atoms with Crippen molar-refractivity contribution in [2.75, 3.05) is 0 Å². The first-order valence-corrected chi connectivity index (χ1v) is 8.04. The summed E-state index contributed by atoms with van der Waals surface area (Å²) in [5, 5.41) is 23.0. The molecule has 7 nitrogen and oxygen atoms in total. The highest BCUT2D eigenvalue weighted by atomic mass is 16.4. The number of nitrogens with zero attached hydrogens (tertiary/aromatic N) is 3. The number of fused-ring (bicyclic) bond motifs is 1. The Morgan fingerprint density at radius 3 is 2.62 bits per heavy atom. The van der Waals surface area contributed by atoms with Gasteiger partial charge < -0.3 is 10.2 Å². The molecule has 2 heterocycles. The maximum atomic E-state index is 12.4. The Bertz CT molecular complexity index is 855. The van der Waals surface area contributed by atoms with Gasteiger partial charge in [-0.1, -0.05) is 27.2 Å². The molecule has 24 heavy (non-hydrogen) atoms. The standard InChI is InChI=1S/C17H23N3O4/c1-4-17(2,3)8-7-11-9-13(22)15(12(21)5-6-14(23)24)16-18-10-19-20(11)16/h9-10,21H,4-8H2,1-3H3,(H,23,24). The molecule has 2 rings (SSSR count). The number of pyridine rings is 1. The first-order valence-electron chi connectivity index (χ1n) is 8.04. The molecule has 0 saturated carbocycles. The molecule has 0 spiro atoms. The summed E-state index contributed by atoms with van der Waals surface area (Å²) in [5.41, 5.74) is 0.811. The van der Waals surface area contributed by atoms with Crippen molar-refractivity contribution in [3.63, 3.8) is 0 Å². The minimum Gasteiger partial charge on any atom is -0.511 e. The zero-order valence-corrected chi connectivity index (χ0v) is 14.2. The van der Waals surface area contributed by atoms with Crippen LogP contribution in [0.25, 0.3) is 11.4 Å². The van der Waals surface area contributed by atoms with Gasteiger partial charge in [0, 0.05) is 18.2 Å². The third-order valence-electron chi connectivity index (χ3n) is 4.47. The van der Waals surface area contributed by atoms with Crippen LogP contribution in [0.4, 0.5) is 0 Å². The van der Waals surface area contributed by atoms with E-state index in [0.717, 1.165) is 18.5 Å². The number of carboxylic acid groups (broad SMARTS) is 1. The molecule has 0 amide bonds. The molecule has 0 aliphatic heterocycles. The smallest absolute Gasteiger partial charge is 0.303 e. The van der Waals surface area contributed by atoms with Crippen molar-refractivity contribution in [1.29, 1.82) is 0 Å². The van der Waals surface area contributed by atoms with E-state index in [9.17, 15) is 14.7 Å². The lowest BCUT2D eigenvalue weighted by Crippen LogP contribution is -2.31. The Labute approximate surface area is 139 Å². The summed E-state index contributed by atoms with van der Waals surface area (Å²) in [4.78, 5) is 27.2. The van der Waals surface area contributed by atoms with Crippen molar-refractivity contribution in [2.24, 2.45) is 5.41 Å². The van der Waals surface area contributed by atoms with Gasteiger partial charge in [-0.15, -0.1) is 0 Å². The maximum Gasteiger partial charge on any atom is 0.303 e. The number of carbonyl (C=O) groups is 1. The van der Waals surface area contributed by atoms with Crippen LogP contribution in [0.1, 0.15) is 52.1 Å². The SMILES string of the molecule is CCC(C)(C)CCc1cc(=O)c(=C(O)CCC(=O)O)c2ncnn12. The molecule has 0 unspecified atom stereocenters. The summed E-state index contributed by atoms with van der Waals surface area (Å²) >= 11 is 0. The Morgan fingerprint density at radius 1 is 1.29 bits per heavy atom. The average Bonchev–Trinajstić information content (AvgIpc) is 2.99. The average molecular weight is 333 g/mol. The van der Waals surface area contributed by atoms with Gasteiger partial charge in [0.2, 0.25) is 0 Å². The van der Waals surface area contributed by atoms with Crippen LogP contribution in [0.2, 0.25) is 0 Å². The largest absolute Gasteiger partial charge is 0.511 e. The highest BCUT2D eigenvalue weighted by Crippen LogP contribution is 2.26. The third-order valence-corrected chi connectivity index (χ3v) is 4.47. The van der Waals surface area contributed by atoms with Crippen molar-refractivity contribution >= 4 is 17.4 Å². The Balaban J connectivity index is 2.48. The Kier molecular flexibility index (Phi) is 5.21. The van der Waals surface area contributed by atoms with Crippen molar-refractivity contribution in [2.45, 2.75) is 52.9 Å². The van der Waals surface area contributed by atoms with Crippen molar-refractivity contribution < 1.29 is 15.0 Å². The second kappa shape index (κ2) is 6.98. The molecule has 7 heteroatoms. The number of rotatable bonds is 7. The molecule has 130 valence electrons. The minimum absolute atomic E-state index is 0.0345. The van der Waals surface area contributed by atoms with Gasteiger partial charge in [0.05, 0.1) is 6.42 Å². The lowest BCUT2D eigenvalue weighted by atomic mass is 9.84. The second-order valence-electron chi connectivity index (χ2n) is 6.73. The fourth-order valence-corrected chi connectivity index (χ4v) is 2.46. The summed E-state index contributed by atoms with van der Waals surface area (Å²) in [5.74, 6) is -1.30. The number of aryl methyl sites for hydroxylation is 1. The first kappa shape index (κ1) is 17.9. The second-order valence-corrected chi connectivity index (χ2v) is 6.73. The van der Waals surface area contributed by atoms with E-state index in [0.29, 0.717) is 6.42 Å². The van der Waals surface area contributed by atoms with E-state index in [1.54, 1.807) is 4.52 Å². The molecule has 0 atom stereocenters. The predicted molar refractivity (Wildman–Crippen MR) is 89.8 cm³/mol. The highest BCUT2D eigenvalue weighted by Gasteiger charge is 2.18. The Hall–Kier alpha value is -2.44. The predicted octanol–water partition coefficient (Wildman–Crippen LogP) is 1.71. The zero-order chi connectivity index (χ0) is 17.9. The molecule has 2 aromatic heterocycles. The number of carboxylic acids is 1. The van der Waals surface area contributed by atoms with Gasteiger partial charge in [0.15, 0.2) is 11.1 Å². The van der Waals surface area contributed by atoms with Crippen LogP contribution < -0.4 is 10.6 Å². The topological polar surface area (TPSA) is 105 Å². The molecule has 0 aromatic carbocycles. The quantitative estimate of drug-likeness (QED) is 0.799. The number of hydrogen-bond acceptors (Lipinski definition) is 5. The molecular formula is C17H23N3O4. The monoisotopic (exact) mass is 333 g/mol. The molecule has 2 aromatic rings. The lowest BCUT2D eigenvalue weighted by molar-refractivity contribution is -0.136. The third kappa shape index (κ3) is 3.90. The van der Waals surface area contributed by atoms with E-state index in [-0.39, 0.29) is 40.3 Å². The van der Waals surface area contributed by atoms with Gasteiger partial charge >= 0.3 is 5.97 Å².